The molecule has 0 atom stereocenters. The Morgan fingerprint density at radius 1 is 1.12 bits per heavy atom. The van der Waals surface area contributed by atoms with Crippen LogP contribution in [0.15, 0.2) is 35.1 Å². The zero-order valence-electron chi connectivity index (χ0n) is 18.4. The van der Waals surface area contributed by atoms with Gasteiger partial charge >= 0.3 is 0 Å². The smallest absolute Gasteiger partial charge is 0.122 e. The summed E-state index contributed by atoms with van der Waals surface area (Å²) in [5, 5.41) is 0. The Morgan fingerprint density at radius 2 is 1.65 bits per heavy atom. The monoisotopic (exact) mass is 414 g/mol. The van der Waals surface area contributed by atoms with Crippen molar-refractivity contribution in [3.63, 3.8) is 0 Å². The summed E-state index contributed by atoms with van der Waals surface area (Å²) in [5.74, 6) is 2.30. The van der Waals surface area contributed by atoms with Crippen LogP contribution >= 0.6 is 33.8 Å². The van der Waals surface area contributed by atoms with Crippen molar-refractivity contribution in [1.82, 2.24) is 0 Å². The van der Waals surface area contributed by atoms with Crippen molar-refractivity contribution in [3.05, 3.63) is 35.1 Å². The second kappa shape index (κ2) is 11.0. The van der Waals surface area contributed by atoms with E-state index in [1.807, 2.05) is 0 Å². The van der Waals surface area contributed by atoms with Crippen LogP contribution in [0.1, 0.15) is 68.7 Å². The topological polar surface area (TPSA) is 9.23 Å². The van der Waals surface area contributed by atoms with Crippen molar-refractivity contribution < 1.29 is 4.74 Å². The van der Waals surface area contributed by atoms with Crippen LogP contribution < -0.4 is 0 Å². The summed E-state index contributed by atoms with van der Waals surface area (Å²) in [6.07, 6.45) is 3.19. The molecule has 0 aromatic rings. The van der Waals surface area contributed by atoms with Gasteiger partial charge in [-0.3, -0.25) is 0 Å². The first kappa shape index (κ1) is 25.8. The number of methoxy groups -OCH3 is 1. The maximum atomic E-state index is 5.93. The van der Waals surface area contributed by atoms with Crippen LogP contribution in [0, 0.1) is 16.7 Å². The first-order valence-electron chi connectivity index (χ1n) is 9.26. The molecule has 0 amide bonds. The van der Waals surface area contributed by atoms with Crippen molar-refractivity contribution >= 4 is 38.0 Å². The fourth-order valence-electron chi connectivity index (χ4n) is 2.56. The molecule has 0 fully saturated rings. The molecular weight excluding hydrogens is 376 g/mol. The minimum absolute atomic E-state index is 0.0228. The second-order valence-electron chi connectivity index (χ2n) is 8.90. The molecule has 0 saturated carbocycles. The lowest BCUT2D eigenvalue weighted by molar-refractivity contribution is 0.264. The van der Waals surface area contributed by atoms with Gasteiger partial charge in [0.1, 0.15) is 5.76 Å². The van der Waals surface area contributed by atoms with E-state index in [1.54, 1.807) is 28.7 Å². The maximum Gasteiger partial charge on any atom is 0.122 e. The molecule has 0 heterocycles. The molecule has 0 N–H and O–H groups in total. The highest BCUT2D eigenvalue weighted by atomic mass is 33.1. The Balaban J connectivity index is 5.69. The fourth-order valence-corrected chi connectivity index (χ4v) is 5.15. The van der Waals surface area contributed by atoms with Gasteiger partial charge in [-0.25, -0.2) is 0 Å². The van der Waals surface area contributed by atoms with E-state index in [9.17, 15) is 0 Å². The van der Waals surface area contributed by atoms with E-state index in [2.05, 4.69) is 75.0 Å². The van der Waals surface area contributed by atoms with Gasteiger partial charge in [0.25, 0.3) is 0 Å². The summed E-state index contributed by atoms with van der Waals surface area (Å²) in [4.78, 5) is 0. The molecule has 0 aromatic carbocycles. The molecule has 0 aliphatic rings. The van der Waals surface area contributed by atoms with Gasteiger partial charge in [0, 0.05) is 5.75 Å². The first-order valence-corrected chi connectivity index (χ1v) is 12.0. The molecule has 0 aliphatic carbocycles. The third-order valence-corrected chi connectivity index (χ3v) is 7.52. The average molecular weight is 415 g/mol. The van der Waals surface area contributed by atoms with Crippen molar-refractivity contribution in [2.24, 2.45) is 16.7 Å². The molecule has 0 radical (unpaired) electrons. The quantitative estimate of drug-likeness (QED) is 0.171. The van der Waals surface area contributed by atoms with Gasteiger partial charge in [-0.1, -0.05) is 98.0 Å². The number of hydrogen-bond acceptors (Lipinski definition) is 4. The SMILES string of the molecule is C=C(/C=C(\C(OC)=C(/CC)C(C)(C)C)C(C)(C)C)CSSC(=S)C(C)C. The minimum atomic E-state index is -0.0228. The van der Waals surface area contributed by atoms with Gasteiger partial charge in [0.2, 0.25) is 0 Å². The number of hydrogen-bond donors (Lipinski definition) is 0. The summed E-state index contributed by atoms with van der Waals surface area (Å²) in [7, 11) is 5.24. The molecule has 0 bridgehead atoms. The van der Waals surface area contributed by atoms with Crippen LogP contribution in [0.25, 0.3) is 0 Å². The Bertz CT molecular complexity index is 555. The summed E-state index contributed by atoms with van der Waals surface area (Å²) in [6, 6.07) is 0. The number of allylic oxidation sites excluding steroid dienone is 3. The maximum absolute atomic E-state index is 5.93. The molecule has 0 spiro atoms. The summed E-state index contributed by atoms with van der Waals surface area (Å²) < 4.78 is 6.97. The summed E-state index contributed by atoms with van der Waals surface area (Å²) in [5.41, 5.74) is 3.70. The number of rotatable bonds is 8. The van der Waals surface area contributed by atoms with Crippen molar-refractivity contribution in [3.8, 4) is 0 Å². The molecule has 0 aromatic heterocycles. The van der Waals surface area contributed by atoms with Crippen LogP contribution in [0.4, 0.5) is 0 Å². The second-order valence-corrected chi connectivity index (χ2v) is 11.9. The molecule has 26 heavy (non-hydrogen) atoms. The molecule has 1 nitrogen and oxygen atoms in total. The molecule has 4 heteroatoms. The standard InChI is InChI=1S/C22H38OS3/c1-12-17(21(5,6)7)19(23-11)18(22(8,9)10)13-16(4)14-25-26-20(24)15(2)3/h13,15H,4,12,14H2,1-3,5-11H3/b18-13+,19-17-. The predicted molar refractivity (Wildman–Crippen MR) is 128 cm³/mol. The Hall–Kier alpha value is -0.190. The van der Waals surface area contributed by atoms with Gasteiger partial charge in [-0.15, -0.1) is 0 Å². The third kappa shape index (κ3) is 8.67. The van der Waals surface area contributed by atoms with E-state index in [0.29, 0.717) is 5.92 Å². The Kier molecular flexibility index (Phi) is 10.9. The van der Waals surface area contributed by atoms with E-state index in [-0.39, 0.29) is 10.8 Å². The van der Waals surface area contributed by atoms with E-state index >= 15 is 0 Å². The van der Waals surface area contributed by atoms with Gasteiger partial charge < -0.3 is 4.74 Å². The van der Waals surface area contributed by atoms with E-state index in [4.69, 9.17) is 17.0 Å². The van der Waals surface area contributed by atoms with Crippen LogP contribution in [-0.4, -0.2) is 17.1 Å². The highest BCUT2D eigenvalue weighted by Crippen LogP contribution is 2.40. The predicted octanol–water partition coefficient (Wildman–Crippen LogP) is 8.24. The van der Waals surface area contributed by atoms with Crippen molar-refractivity contribution in [2.75, 3.05) is 12.9 Å². The lowest BCUT2D eigenvalue weighted by Gasteiger charge is -2.31. The zero-order chi connectivity index (χ0) is 20.7. The lowest BCUT2D eigenvalue weighted by Crippen LogP contribution is -2.19. The molecule has 0 aliphatic heterocycles. The van der Waals surface area contributed by atoms with Gasteiger partial charge in [0.15, 0.2) is 0 Å². The van der Waals surface area contributed by atoms with Gasteiger partial charge in [-0.2, -0.15) is 0 Å². The van der Waals surface area contributed by atoms with Gasteiger partial charge in [-0.05, 0) is 50.7 Å². The van der Waals surface area contributed by atoms with E-state index < -0.39 is 0 Å². The lowest BCUT2D eigenvalue weighted by atomic mass is 9.77. The van der Waals surface area contributed by atoms with Crippen LogP contribution in [0.5, 0.6) is 0 Å². The van der Waals surface area contributed by atoms with Crippen LogP contribution in [0.2, 0.25) is 0 Å². The average Bonchev–Trinajstić information content (AvgIpc) is 2.47. The van der Waals surface area contributed by atoms with Crippen molar-refractivity contribution in [2.45, 2.75) is 68.7 Å². The fraction of sp³-hybridized carbons (Fsp3) is 0.682. The number of ether oxygens (including phenoxy) is 1. The van der Waals surface area contributed by atoms with Crippen LogP contribution in [0.3, 0.4) is 0 Å². The van der Waals surface area contributed by atoms with Gasteiger partial charge in [0.05, 0.1) is 11.3 Å². The molecule has 0 saturated heterocycles. The minimum Gasteiger partial charge on any atom is -0.496 e. The first-order chi connectivity index (χ1) is 11.8. The highest BCUT2D eigenvalue weighted by Gasteiger charge is 2.28. The Morgan fingerprint density at radius 3 is 2.00 bits per heavy atom. The number of thiocarbonyl (C=S) groups is 1. The largest absolute Gasteiger partial charge is 0.496 e. The zero-order valence-corrected chi connectivity index (χ0v) is 20.9. The van der Waals surface area contributed by atoms with Crippen molar-refractivity contribution in [1.29, 1.82) is 0 Å². The molecule has 0 unspecified atom stereocenters. The Labute approximate surface area is 175 Å². The normalized spacial score (nSPS) is 14.3. The molecule has 0 rings (SSSR count). The molecular formula is C22H38OS3. The van der Waals surface area contributed by atoms with E-state index in [1.165, 1.54) is 11.1 Å². The molecule has 150 valence electrons. The third-order valence-electron chi connectivity index (χ3n) is 3.99. The van der Waals surface area contributed by atoms with E-state index in [0.717, 1.165) is 27.7 Å². The summed E-state index contributed by atoms with van der Waals surface area (Å²) >= 11 is 5.40. The summed E-state index contributed by atoms with van der Waals surface area (Å²) in [6.45, 7) is 24.2. The van der Waals surface area contributed by atoms with Crippen LogP contribution in [-0.2, 0) is 4.74 Å². The highest BCUT2D eigenvalue weighted by molar-refractivity contribution is 8.83.